The van der Waals surface area contributed by atoms with E-state index in [4.69, 9.17) is 0 Å². The Bertz CT molecular complexity index is 1280. The van der Waals surface area contributed by atoms with Gasteiger partial charge in [0.05, 0.1) is 17.1 Å². The van der Waals surface area contributed by atoms with Crippen molar-refractivity contribution in [3.05, 3.63) is 106 Å². The first-order chi connectivity index (χ1) is 14.4. The summed E-state index contributed by atoms with van der Waals surface area (Å²) < 4.78 is 26.6. The number of hydrogen-bond acceptors (Lipinski definition) is 2. The fourth-order valence-corrected chi connectivity index (χ4v) is 3.38. The Balaban J connectivity index is 1.56. The summed E-state index contributed by atoms with van der Waals surface area (Å²) in [6, 6.07) is 18.6. The van der Waals surface area contributed by atoms with Crippen molar-refractivity contribution in [3.63, 3.8) is 0 Å². The van der Waals surface area contributed by atoms with Gasteiger partial charge in [-0.1, -0.05) is 36.4 Å². The number of pyridine rings is 1. The molecular formula is C24H18F2N2O2. The molecule has 0 aliphatic carbocycles. The molecule has 1 unspecified atom stereocenters. The van der Waals surface area contributed by atoms with Crippen LogP contribution in [0.3, 0.4) is 0 Å². The Morgan fingerprint density at radius 3 is 2.13 bits per heavy atom. The van der Waals surface area contributed by atoms with Crippen LogP contribution in [0.4, 0.5) is 8.78 Å². The van der Waals surface area contributed by atoms with Crippen LogP contribution >= 0.6 is 0 Å². The zero-order valence-electron chi connectivity index (χ0n) is 16.1. The highest BCUT2D eigenvalue weighted by molar-refractivity contribution is 6.06. The molecule has 30 heavy (non-hydrogen) atoms. The average molecular weight is 404 g/mol. The fourth-order valence-electron chi connectivity index (χ4n) is 3.38. The lowest BCUT2D eigenvalue weighted by Crippen LogP contribution is -2.28. The van der Waals surface area contributed by atoms with Crippen LogP contribution in [0, 0.1) is 11.6 Å². The van der Waals surface area contributed by atoms with Crippen molar-refractivity contribution >= 4 is 16.8 Å². The Hall–Kier alpha value is -3.80. The first-order valence-corrected chi connectivity index (χ1v) is 9.40. The second-order valence-corrected chi connectivity index (χ2v) is 7.06. The van der Waals surface area contributed by atoms with Crippen LogP contribution in [0.2, 0.25) is 0 Å². The van der Waals surface area contributed by atoms with Crippen molar-refractivity contribution in [2.45, 2.75) is 13.0 Å². The highest BCUT2D eigenvalue weighted by atomic mass is 19.1. The quantitative estimate of drug-likeness (QED) is 0.505. The van der Waals surface area contributed by atoms with Crippen molar-refractivity contribution < 1.29 is 13.6 Å². The maximum Gasteiger partial charge on any atom is 0.252 e. The molecule has 6 heteroatoms. The number of rotatable bonds is 4. The minimum absolute atomic E-state index is 0.184. The number of carbonyl (C=O) groups excluding carboxylic acids is 1. The van der Waals surface area contributed by atoms with Crippen LogP contribution in [-0.4, -0.2) is 10.9 Å². The molecule has 4 aromatic rings. The predicted molar refractivity (Wildman–Crippen MR) is 112 cm³/mol. The van der Waals surface area contributed by atoms with Gasteiger partial charge in [0.25, 0.3) is 5.91 Å². The molecule has 2 N–H and O–H groups in total. The van der Waals surface area contributed by atoms with Gasteiger partial charge >= 0.3 is 0 Å². The van der Waals surface area contributed by atoms with E-state index in [-0.39, 0.29) is 22.9 Å². The monoisotopic (exact) mass is 404 g/mol. The lowest BCUT2D eigenvalue weighted by Gasteiger charge is -2.16. The molecule has 0 saturated heterocycles. The third-order valence-corrected chi connectivity index (χ3v) is 4.99. The topological polar surface area (TPSA) is 62.0 Å². The van der Waals surface area contributed by atoms with Crippen molar-refractivity contribution in [2.24, 2.45) is 0 Å². The highest BCUT2D eigenvalue weighted by Gasteiger charge is 2.16. The van der Waals surface area contributed by atoms with E-state index in [2.05, 4.69) is 10.3 Å². The van der Waals surface area contributed by atoms with Crippen molar-refractivity contribution in [2.75, 3.05) is 0 Å². The summed E-state index contributed by atoms with van der Waals surface area (Å²) in [7, 11) is 0. The van der Waals surface area contributed by atoms with Gasteiger partial charge in [0.2, 0.25) is 5.56 Å². The lowest BCUT2D eigenvalue weighted by atomic mass is 10.0. The number of benzene rings is 3. The number of H-pyrrole nitrogens is 1. The molecule has 0 radical (unpaired) electrons. The Kier molecular flexibility index (Phi) is 5.14. The zero-order valence-corrected chi connectivity index (χ0v) is 16.1. The molecule has 150 valence electrons. The van der Waals surface area contributed by atoms with Gasteiger partial charge in [0.15, 0.2) is 0 Å². The minimum Gasteiger partial charge on any atom is -0.345 e. The first kappa shape index (κ1) is 19.5. The third-order valence-electron chi connectivity index (χ3n) is 4.99. The van der Waals surface area contributed by atoms with Gasteiger partial charge in [-0.05, 0) is 53.9 Å². The van der Waals surface area contributed by atoms with Gasteiger partial charge in [-0.2, -0.15) is 0 Å². The van der Waals surface area contributed by atoms with Crippen LogP contribution in [0.15, 0.2) is 77.6 Å². The maximum absolute atomic E-state index is 13.5. The largest absolute Gasteiger partial charge is 0.345 e. The van der Waals surface area contributed by atoms with E-state index in [1.165, 1.54) is 36.4 Å². The number of halogens is 2. The predicted octanol–water partition coefficient (Wildman–Crippen LogP) is 4.96. The zero-order chi connectivity index (χ0) is 21.3. The molecule has 4 nitrogen and oxygen atoms in total. The molecular weight excluding hydrogens is 386 g/mol. The molecule has 1 aromatic heterocycles. The molecule has 1 heterocycles. The van der Waals surface area contributed by atoms with Gasteiger partial charge in [0, 0.05) is 11.5 Å². The van der Waals surface area contributed by atoms with E-state index in [9.17, 15) is 18.4 Å². The second kappa shape index (κ2) is 7.91. The molecule has 4 rings (SSSR count). The summed E-state index contributed by atoms with van der Waals surface area (Å²) >= 11 is 0. The summed E-state index contributed by atoms with van der Waals surface area (Å²) in [6.07, 6.45) is 0. The first-order valence-electron chi connectivity index (χ1n) is 9.40. The SMILES string of the molecule is CC(NC(=O)c1cc(=O)[nH]c2cc(F)ccc12)c1ccc(-c2ccc(F)cc2)cc1. The smallest absolute Gasteiger partial charge is 0.252 e. The molecule has 0 aliphatic heterocycles. The molecule has 0 saturated carbocycles. The summed E-state index contributed by atoms with van der Waals surface area (Å²) in [4.78, 5) is 27.2. The molecule has 0 aliphatic rings. The number of carbonyl (C=O) groups is 1. The average Bonchev–Trinajstić information content (AvgIpc) is 2.73. The number of hydrogen-bond donors (Lipinski definition) is 2. The van der Waals surface area contributed by atoms with Gasteiger partial charge in [-0.15, -0.1) is 0 Å². The van der Waals surface area contributed by atoms with Crippen molar-refractivity contribution in [1.82, 2.24) is 10.3 Å². The van der Waals surface area contributed by atoms with Crippen LogP contribution in [0.1, 0.15) is 28.9 Å². The maximum atomic E-state index is 13.5. The van der Waals surface area contributed by atoms with E-state index < -0.39 is 17.3 Å². The number of nitrogens with one attached hydrogen (secondary N) is 2. The van der Waals surface area contributed by atoms with Gasteiger partial charge in [0.1, 0.15) is 11.6 Å². The number of fused-ring (bicyclic) bond motifs is 1. The van der Waals surface area contributed by atoms with Gasteiger partial charge in [-0.3, -0.25) is 9.59 Å². The van der Waals surface area contributed by atoms with E-state index in [1.807, 2.05) is 31.2 Å². The number of aromatic nitrogens is 1. The molecule has 1 atom stereocenters. The van der Waals surface area contributed by atoms with E-state index in [1.54, 1.807) is 12.1 Å². The molecule has 1 amide bonds. The minimum atomic E-state index is -0.495. The normalized spacial score (nSPS) is 12.0. The molecule has 0 spiro atoms. The van der Waals surface area contributed by atoms with Crippen LogP contribution in [-0.2, 0) is 0 Å². The Morgan fingerprint density at radius 1 is 0.867 bits per heavy atom. The summed E-state index contributed by atoms with van der Waals surface area (Å²) in [5.74, 6) is -1.21. The Labute approximate surface area is 171 Å². The van der Waals surface area contributed by atoms with Gasteiger partial charge < -0.3 is 10.3 Å². The van der Waals surface area contributed by atoms with Crippen LogP contribution in [0.5, 0.6) is 0 Å². The Morgan fingerprint density at radius 2 is 1.47 bits per heavy atom. The van der Waals surface area contributed by atoms with E-state index >= 15 is 0 Å². The molecule has 0 fully saturated rings. The van der Waals surface area contributed by atoms with Crippen LogP contribution in [0.25, 0.3) is 22.0 Å². The van der Waals surface area contributed by atoms with Crippen molar-refractivity contribution in [3.8, 4) is 11.1 Å². The van der Waals surface area contributed by atoms with Crippen LogP contribution < -0.4 is 10.9 Å². The summed E-state index contributed by atoms with van der Waals surface area (Å²) in [5, 5.41) is 3.34. The highest BCUT2D eigenvalue weighted by Crippen LogP contribution is 2.23. The molecule has 3 aromatic carbocycles. The van der Waals surface area contributed by atoms with E-state index in [0.717, 1.165) is 16.7 Å². The third kappa shape index (κ3) is 3.98. The summed E-state index contributed by atoms with van der Waals surface area (Å²) in [6.45, 7) is 1.83. The van der Waals surface area contributed by atoms with Crippen molar-refractivity contribution in [1.29, 1.82) is 0 Å². The fraction of sp³-hybridized carbons (Fsp3) is 0.0833. The van der Waals surface area contributed by atoms with E-state index in [0.29, 0.717) is 5.39 Å². The van der Waals surface area contributed by atoms with Gasteiger partial charge in [-0.25, -0.2) is 8.78 Å². The lowest BCUT2D eigenvalue weighted by molar-refractivity contribution is 0.0941. The number of amides is 1. The second-order valence-electron chi connectivity index (χ2n) is 7.06. The number of aromatic amines is 1. The molecule has 0 bridgehead atoms. The summed E-state index contributed by atoms with van der Waals surface area (Å²) in [5.41, 5.74) is 2.66. The standard InChI is InChI=1S/C24H18F2N2O2/c1-14(15-2-4-16(5-3-15)17-6-8-18(25)9-7-17)27-24(30)21-13-23(29)28-22-12-19(26)10-11-20(21)22/h2-14H,1H3,(H,27,30)(H,28,29).